The molecule has 1 fully saturated rings. The van der Waals surface area contributed by atoms with E-state index in [2.05, 4.69) is 36.8 Å². The molecule has 0 spiro atoms. The summed E-state index contributed by atoms with van der Waals surface area (Å²) in [6.45, 7) is 18.0. The molecule has 9 heteroatoms. The average molecular weight is 682 g/mol. The Morgan fingerprint density at radius 1 is 1.15 bits per heavy atom. The van der Waals surface area contributed by atoms with Crippen LogP contribution < -0.4 is 0 Å². The van der Waals surface area contributed by atoms with Gasteiger partial charge >= 0.3 is 6.09 Å². The first kappa shape index (κ1) is 39.4. The van der Waals surface area contributed by atoms with E-state index in [1.54, 1.807) is 30.0 Å². The van der Waals surface area contributed by atoms with Crippen LogP contribution in [0.5, 0.6) is 0 Å². The topological polar surface area (TPSA) is 56.5 Å². The Morgan fingerprint density at radius 3 is 2.26 bits per heavy atom. The maximum absolute atomic E-state index is 14.6. The molecule has 1 atom stereocenters. The molecule has 1 unspecified atom stereocenters. The number of imide groups is 1. The Balaban J connectivity index is 0.000000374. The molecular weight excluding hydrogens is 633 g/mol. The molecule has 0 N–H and O–H groups in total. The summed E-state index contributed by atoms with van der Waals surface area (Å²) in [5.74, 6) is -0.488. The van der Waals surface area contributed by atoms with Gasteiger partial charge in [0.25, 0.3) is 0 Å². The third-order valence-electron chi connectivity index (χ3n) is 7.44. The molecule has 4 aromatic rings. The number of amides is 2. The summed E-state index contributed by atoms with van der Waals surface area (Å²) in [6, 6.07) is 17.4. The van der Waals surface area contributed by atoms with Gasteiger partial charge in [-0.05, 0) is 57.2 Å². The third-order valence-corrected chi connectivity index (χ3v) is 8.53. The lowest BCUT2D eigenvalue weighted by molar-refractivity contribution is -0.128. The van der Waals surface area contributed by atoms with Crippen LogP contribution in [0, 0.1) is 12.7 Å². The molecule has 2 amide bonds. The van der Waals surface area contributed by atoms with E-state index < -0.39 is 6.09 Å². The van der Waals surface area contributed by atoms with Crippen molar-refractivity contribution in [3.8, 4) is 11.3 Å². The minimum atomic E-state index is -0.559. The van der Waals surface area contributed by atoms with Crippen molar-refractivity contribution in [1.82, 2.24) is 14.0 Å². The molecule has 0 radical (unpaired) electrons. The Hall–Kier alpha value is -3.75. The fraction of sp³-hybridized carbons (Fsp3) is 0.368. The van der Waals surface area contributed by atoms with E-state index in [4.69, 9.17) is 16.3 Å². The van der Waals surface area contributed by atoms with Gasteiger partial charge in [-0.1, -0.05) is 80.9 Å². The number of allylic oxidation sites excluding steroid dienone is 2. The van der Waals surface area contributed by atoms with Crippen LogP contribution in [-0.4, -0.2) is 45.4 Å². The maximum atomic E-state index is 14.6. The molecular formula is C38H49ClFN3O3S. The largest absolute Gasteiger partial charge is 0.447 e. The summed E-state index contributed by atoms with van der Waals surface area (Å²) in [6.07, 6.45) is 7.08. The van der Waals surface area contributed by atoms with Crippen LogP contribution in [0.3, 0.4) is 0 Å². The van der Waals surface area contributed by atoms with Gasteiger partial charge in [-0.25, -0.2) is 14.1 Å². The van der Waals surface area contributed by atoms with E-state index in [1.165, 1.54) is 10.5 Å². The number of nitrogens with zero attached hydrogens (tertiary/aromatic N) is 3. The van der Waals surface area contributed by atoms with E-state index in [-0.39, 0.29) is 30.7 Å². The monoisotopic (exact) mass is 681 g/mol. The number of rotatable bonds is 5. The van der Waals surface area contributed by atoms with Gasteiger partial charge in [-0.15, -0.1) is 18.3 Å². The number of hydrogen-bond donors (Lipinski definition) is 0. The van der Waals surface area contributed by atoms with Crippen molar-refractivity contribution >= 4 is 46.3 Å². The van der Waals surface area contributed by atoms with Crippen molar-refractivity contribution < 1.29 is 18.7 Å². The molecule has 2 aliphatic heterocycles. The first-order valence-corrected chi connectivity index (χ1v) is 17.6. The van der Waals surface area contributed by atoms with Gasteiger partial charge in [0.2, 0.25) is 5.91 Å². The summed E-state index contributed by atoms with van der Waals surface area (Å²) in [5, 5.41) is 1.75. The lowest BCUT2D eigenvalue weighted by atomic mass is 9.98. The number of cyclic esters (lactones) is 1. The average Bonchev–Trinajstić information content (AvgIpc) is 3.85. The normalized spacial score (nSPS) is 14.2. The molecule has 2 aromatic heterocycles. The highest BCUT2D eigenvalue weighted by molar-refractivity contribution is 7.98. The molecule has 254 valence electrons. The lowest BCUT2D eigenvalue weighted by Crippen LogP contribution is -2.32. The number of benzene rings is 2. The first-order valence-electron chi connectivity index (χ1n) is 16.0. The van der Waals surface area contributed by atoms with Crippen molar-refractivity contribution in [1.29, 1.82) is 0 Å². The number of aromatic nitrogens is 2. The van der Waals surface area contributed by atoms with Crippen molar-refractivity contribution in [3.63, 3.8) is 0 Å². The fourth-order valence-corrected chi connectivity index (χ4v) is 6.22. The number of ether oxygens (including phenoxy) is 1. The maximum Gasteiger partial charge on any atom is 0.416 e. The van der Waals surface area contributed by atoms with Gasteiger partial charge < -0.3 is 13.9 Å². The third kappa shape index (κ3) is 10.4. The summed E-state index contributed by atoms with van der Waals surface area (Å²) < 4.78 is 23.7. The number of halogens is 2. The molecule has 0 aliphatic carbocycles. The number of carbonyl (C=O) groups is 2. The van der Waals surface area contributed by atoms with Crippen LogP contribution in [0.15, 0.2) is 90.0 Å². The highest BCUT2D eigenvalue weighted by atomic mass is 35.5. The summed E-state index contributed by atoms with van der Waals surface area (Å²) in [7, 11) is 1.95. The number of thioether (sulfide) groups is 1. The van der Waals surface area contributed by atoms with Gasteiger partial charge in [0.15, 0.2) is 0 Å². The van der Waals surface area contributed by atoms with Gasteiger partial charge in [-0.3, -0.25) is 4.79 Å². The zero-order valence-corrected chi connectivity index (χ0v) is 30.4. The van der Waals surface area contributed by atoms with Crippen molar-refractivity contribution in [3.05, 3.63) is 102 Å². The van der Waals surface area contributed by atoms with Crippen LogP contribution in [0.2, 0.25) is 0 Å². The van der Waals surface area contributed by atoms with Crippen LogP contribution in [0.25, 0.3) is 22.2 Å². The molecule has 2 aromatic carbocycles. The highest BCUT2D eigenvalue weighted by Crippen LogP contribution is 2.47. The highest BCUT2D eigenvalue weighted by Gasteiger charge is 2.36. The van der Waals surface area contributed by atoms with Crippen molar-refractivity contribution in [2.45, 2.75) is 71.2 Å². The predicted molar refractivity (Wildman–Crippen MR) is 197 cm³/mol. The number of aryl methyl sites for hydroxylation is 3. The number of fused-ring (bicyclic) bond motifs is 3. The first-order chi connectivity index (χ1) is 22.6. The van der Waals surface area contributed by atoms with E-state index in [0.717, 1.165) is 57.2 Å². The summed E-state index contributed by atoms with van der Waals surface area (Å²) in [5.41, 5.74) is 5.06. The van der Waals surface area contributed by atoms with Crippen LogP contribution in [0.1, 0.15) is 64.1 Å². The predicted octanol–water partition coefficient (Wildman–Crippen LogP) is 10.7. The van der Waals surface area contributed by atoms with Gasteiger partial charge in [0, 0.05) is 64.4 Å². The Kier molecular flexibility index (Phi) is 16.6. The summed E-state index contributed by atoms with van der Waals surface area (Å²) in [4.78, 5) is 26.8. The SMILES string of the molecule is C=C(Cl)CC.C=CC.CC.CSc1c2n(c3cc(F)cc(-c4cccn4C)c13)CCC2CC(=O)N1CCOC1=O.Cc1ccccc1. The number of carbonyl (C=O) groups excluding carboxylic acids is 2. The zero-order valence-electron chi connectivity index (χ0n) is 28.8. The smallest absolute Gasteiger partial charge is 0.416 e. The fourth-order valence-electron chi connectivity index (χ4n) is 5.32. The Labute approximate surface area is 289 Å². The van der Waals surface area contributed by atoms with Crippen LogP contribution in [0.4, 0.5) is 9.18 Å². The van der Waals surface area contributed by atoms with E-state index in [0.29, 0.717) is 6.54 Å². The second kappa shape index (κ2) is 19.8. The molecule has 4 heterocycles. The quantitative estimate of drug-likeness (QED) is 0.155. The molecule has 1 saturated heterocycles. The molecule has 6 rings (SSSR count). The van der Waals surface area contributed by atoms with Gasteiger partial charge in [-0.2, -0.15) is 0 Å². The van der Waals surface area contributed by atoms with Crippen molar-refractivity contribution in [2.24, 2.45) is 7.05 Å². The van der Waals surface area contributed by atoms with Gasteiger partial charge in [0.05, 0.1) is 12.1 Å². The second-order valence-corrected chi connectivity index (χ2v) is 12.1. The standard InChI is InChI=1S/C22H22FN3O3S.C7H8.C4H7Cl.C3H6.C2H6/c1-24-6-3-4-16(24)15-11-14(23)12-17-19(15)21(30-2)20-13(5-7-25(17)20)10-18(27)26-8-9-29-22(26)28;1-7-5-3-2-4-6-7;1-3-4(2)5;1-3-2;1-2/h3-4,6,11-13H,5,7-10H2,1-2H3;2-6H,1H3;2-3H2,1H3;3H,1H2,2H3;1-2H3. The molecule has 0 bridgehead atoms. The molecule has 2 aliphatic rings. The Bertz CT molecular complexity index is 1630. The minimum absolute atomic E-state index is 0.00919. The number of hydrogen-bond acceptors (Lipinski definition) is 4. The Morgan fingerprint density at radius 2 is 1.79 bits per heavy atom. The molecule has 47 heavy (non-hydrogen) atoms. The van der Waals surface area contributed by atoms with Crippen molar-refractivity contribution in [2.75, 3.05) is 19.4 Å². The van der Waals surface area contributed by atoms with E-state index in [9.17, 15) is 14.0 Å². The van der Waals surface area contributed by atoms with E-state index in [1.807, 2.05) is 82.1 Å². The second-order valence-electron chi connectivity index (χ2n) is 10.7. The lowest BCUT2D eigenvalue weighted by Gasteiger charge is -2.15. The zero-order chi connectivity index (χ0) is 35.1. The summed E-state index contributed by atoms with van der Waals surface area (Å²) >= 11 is 6.90. The molecule has 6 nitrogen and oxygen atoms in total. The van der Waals surface area contributed by atoms with Crippen LogP contribution in [-0.2, 0) is 23.1 Å². The molecule has 0 saturated carbocycles. The van der Waals surface area contributed by atoms with Crippen LogP contribution >= 0.6 is 23.4 Å². The van der Waals surface area contributed by atoms with E-state index >= 15 is 0 Å². The minimum Gasteiger partial charge on any atom is -0.447 e. The van der Waals surface area contributed by atoms with Gasteiger partial charge in [0.1, 0.15) is 12.4 Å².